The van der Waals surface area contributed by atoms with E-state index in [0.29, 0.717) is 6.42 Å². The minimum absolute atomic E-state index is 0.0234. The summed E-state index contributed by atoms with van der Waals surface area (Å²) in [5.41, 5.74) is -0.125. The van der Waals surface area contributed by atoms with Crippen LogP contribution < -0.4 is 0 Å². The molecule has 1 saturated carbocycles. The zero-order valence-corrected chi connectivity index (χ0v) is 14.4. The minimum atomic E-state index is -0.999. The number of benzene rings is 1. The molecule has 1 aromatic carbocycles. The maximum atomic E-state index is 11.8. The highest BCUT2D eigenvalue weighted by Crippen LogP contribution is 2.43. The van der Waals surface area contributed by atoms with Crippen molar-refractivity contribution >= 4 is 28.7 Å². The number of carboxylic acid groups (broad SMARTS) is 1. The Morgan fingerprint density at radius 2 is 2.14 bits per heavy atom. The summed E-state index contributed by atoms with van der Waals surface area (Å²) in [5.74, 6) is 0. The van der Waals surface area contributed by atoms with Crippen LogP contribution in [0.4, 0.5) is 4.79 Å². The standard InChI is InChI=1S/C15H20INO4/c1-3-15(21-10-20-2,12-6-4-5-7-13(12)16)17(14(18)19)11-8-9-11/h4-7,11H,3,8-10H2,1-2H3,(H,18,19)/t15-/m1/s1. The van der Waals surface area contributed by atoms with E-state index in [1.165, 1.54) is 4.90 Å². The second kappa shape index (κ2) is 6.93. The van der Waals surface area contributed by atoms with E-state index in [0.717, 1.165) is 22.0 Å². The molecule has 0 aromatic heterocycles. The van der Waals surface area contributed by atoms with Crippen LogP contribution in [0.15, 0.2) is 24.3 Å². The number of halogens is 1. The Bertz CT molecular complexity index is 506. The van der Waals surface area contributed by atoms with Gasteiger partial charge in [0.2, 0.25) is 0 Å². The van der Waals surface area contributed by atoms with Crippen LogP contribution >= 0.6 is 22.6 Å². The van der Waals surface area contributed by atoms with E-state index < -0.39 is 11.8 Å². The monoisotopic (exact) mass is 405 g/mol. The highest BCUT2D eigenvalue weighted by atomic mass is 127. The number of hydrogen-bond donors (Lipinski definition) is 1. The van der Waals surface area contributed by atoms with Crippen molar-refractivity contribution in [1.29, 1.82) is 0 Å². The first-order valence-corrected chi connectivity index (χ1v) is 8.05. The molecule has 1 aromatic rings. The van der Waals surface area contributed by atoms with Crippen molar-refractivity contribution in [1.82, 2.24) is 4.90 Å². The van der Waals surface area contributed by atoms with Crippen LogP contribution in [0.25, 0.3) is 0 Å². The smallest absolute Gasteiger partial charge is 0.410 e. The van der Waals surface area contributed by atoms with E-state index in [4.69, 9.17) is 9.47 Å². The first-order chi connectivity index (χ1) is 10.1. The number of amides is 1. The summed E-state index contributed by atoms with van der Waals surface area (Å²) >= 11 is 2.22. The molecule has 1 aliphatic rings. The van der Waals surface area contributed by atoms with E-state index >= 15 is 0 Å². The Kier molecular flexibility index (Phi) is 5.45. The highest BCUT2D eigenvalue weighted by Gasteiger charge is 2.49. The second-order valence-corrected chi connectivity index (χ2v) is 6.21. The van der Waals surface area contributed by atoms with Gasteiger partial charge in [0.15, 0.2) is 5.72 Å². The van der Waals surface area contributed by atoms with Crippen molar-refractivity contribution in [2.45, 2.75) is 38.0 Å². The summed E-state index contributed by atoms with van der Waals surface area (Å²) in [7, 11) is 1.54. The predicted molar refractivity (Wildman–Crippen MR) is 87.0 cm³/mol. The average molecular weight is 405 g/mol. The Morgan fingerprint density at radius 3 is 2.62 bits per heavy atom. The van der Waals surface area contributed by atoms with Gasteiger partial charge in [-0.1, -0.05) is 25.1 Å². The summed E-state index contributed by atoms with van der Waals surface area (Å²) in [6.07, 6.45) is 1.34. The molecule has 6 heteroatoms. The zero-order chi connectivity index (χ0) is 15.5. The lowest BCUT2D eigenvalue weighted by molar-refractivity contribution is -0.205. The fourth-order valence-corrected chi connectivity index (χ4v) is 3.42. The van der Waals surface area contributed by atoms with Gasteiger partial charge in [0.05, 0.1) is 0 Å². The van der Waals surface area contributed by atoms with E-state index in [1.54, 1.807) is 7.11 Å². The lowest BCUT2D eigenvalue weighted by Gasteiger charge is -2.42. The number of carbonyl (C=O) groups is 1. The minimum Gasteiger partial charge on any atom is -0.465 e. The molecule has 0 spiro atoms. The molecule has 1 N–H and O–H groups in total. The van der Waals surface area contributed by atoms with Crippen molar-refractivity contribution in [3.63, 3.8) is 0 Å². The third kappa shape index (κ3) is 3.32. The van der Waals surface area contributed by atoms with Crippen molar-refractivity contribution < 1.29 is 19.4 Å². The molecule has 0 heterocycles. The van der Waals surface area contributed by atoms with E-state index in [1.807, 2.05) is 31.2 Å². The van der Waals surface area contributed by atoms with Crippen LogP contribution in [-0.4, -0.2) is 36.0 Å². The van der Waals surface area contributed by atoms with Gasteiger partial charge in [-0.2, -0.15) is 0 Å². The molecule has 0 saturated heterocycles. The quantitative estimate of drug-likeness (QED) is 0.556. The molecular weight excluding hydrogens is 385 g/mol. The van der Waals surface area contributed by atoms with Crippen LogP contribution in [0.3, 0.4) is 0 Å². The molecule has 1 fully saturated rings. The van der Waals surface area contributed by atoms with E-state index in [9.17, 15) is 9.90 Å². The molecule has 21 heavy (non-hydrogen) atoms. The maximum Gasteiger partial charge on any atom is 0.410 e. The van der Waals surface area contributed by atoms with Crippen LogP contribution in [0.1, 0.15) is 31.7 Å². The number of hydrogen-bond acceptors (Lipinski definition) is 3. The zero-order valence-electron chi connectivity index (χ0n) is 12.2. The number of ether oxygens (including phenoxy) is 2. The molecule has 1 atom stereocenters. The van der Waals surface area contributed by atoms with Gasteiger partial charge in [0.25, 0.3) is 0 Å². The predicted octanol–water partition coefficient (Wildman–Crippen LogP) is 3.62. The summed E-state index contributed by atoms with van der Waals surface area (Å²) in [5, 5.41) is 9.70. The van der Waals surface area contributed by atoms with Crippen LogP contribution in [0, 0.1) is 3.57 Å². The van der Waals surface area contributed by atoms with Gasteiger partial charge in [-0.05, 0) is 47.9 Å². The van der Waals surface area contributed by atoms with Crippen LogP contribution in [-0.2, 0) is 15.2 Å². The van der Waals surface area contributed by atoms with Gasteiger partial charge in [-0.25, -0.2) is 4.79 Å². The summed E-state index contributed by atoms with van der Waals surface area (Å²) in [6.45, 7) is 1.99. The van der Waals surface area contributed by atoms with Gasteiger partial charge < -0.3 is 14.6 Å². The van der Waals surface area contributed by atoms with E-state index in [-0.39, 0.29) is 12.8 Å². The fraction of sp³-hybridized carbons (Fsp3) is 0.533. The van der Waals surface area contributed by atoms with Crippen LogP contribution in [0.5, 0.6) is 0 Å². The number of nitrogens with zero attached hydrogens (tertiary/aromatic N) is 1. The lowest BCUT2D eigenvalue weighted by atomic mass is 9.97. The largest absolute Gasteiger partial charge is 0.465 e. The molecule has 1 aliphatic carbocycles. The molecular formula is C15H20INO4. The fourth-order valence-electron chi connectivity index (χ4n) is 2.61. The number of rotatable bonds is 7. The molecule has 2 rings (SSSR count). The Balaban J connectivity index is 2.51. The first-order valence-electron chi connectivity index (χ1n) is 6.97. The molecule has 1 amide bonds. The summed E-state index contributed by atoms with van der Waals surface area (Å²) < 4.78 is 12.0. The van der Waals surface area contributed by atoms with Gasteiger partial charge in [0, 0.05) is 22.3 Å². The molecule has 5 nitrogen and oxygen atoms in total. The topological polar surface area (TPSA) is 59.0 Å². The molecule has 0 aliphatic heterocycles. The third-order valence-corrected chi connectivity index (χ3v) is 4.64. The molecule has 0 radical (unpaired) electrons. The normalized spacial score (nSPS) is 17.3. The van der Waals surface area contributed by atoms with Gasteiger partial charge in [-0.3, -0.25) is 4.90 Å². The lowest BCUT2D eigenvalue weighted by Crippen LogP contribution is -2.52. The van der Waals surface area contributed by atoms with Gasteiger partial charge >= 0.3 is 6.09 Å². The Morgan fingerprint density at radius 1 is 1.48 bits per heavy atom. The van der Waals surface area contributed by atoms with Crippen LogP contribution in [0.2, 0.25) is 0 Å². The highest BCUT2D eigenvalue weighted by molar-refractivity contribution is 14.1. The summed E-state index contributed by atoms with van der Waals surface area (Å²) in [4.78, 5) is 13.3. The summed E-state index contributed by atoms with van der Waals surface area (Å²) in [6, 6.07) is 7.76. The average Bonchev–Trinajstić information content (AvgIpc) is 3.28. The molecule has 116 valence electrons. The van der Waals surface area contributed by atoms with Gasteiger partial charge in [0.1, 0.15) is 6.79 Å². The Labute approximate surface area is 138 Å². The maximum absolute atomic E-state index is 11.8. The van der Waals surface area contributed by atoms with E-state index in [2.05, 4.69) is 22.6 Å². The number of methoxy groups -OCH3 is 1. The first kappa shape index (κ1) is 16.5. The molecule has 0 bridgehead atoms. The molecule has 0 unspecified atom stereocenters. The van der Waals surface area contributed by atoms with Gasteiger partial charge in [-0.15, -0.1) is 0 Å². The van der Waals surface area contributed by atoms with Crippen molar-refractivity contribution in [2.24, 2.45) is 0 Å². The third-order valence-electron chi connectivity index (χ3n) is 3.70. The Hall–Kier alpha value is -0.860. The van der Waals surface area contributed by atoms with Crippen molar-refractivity contribution in [2.75, 3.05) is 13.9 Å². The van der Waals surface area contributed by atoms with Crippen molar-refractivity contribution in [3.8, 4) is 0 Å². The SMILES string of the molecule is CC[C@@](OCOC)(c1ccccc1I)N(C(=O)O)C1CC1. The van der Waals surface area contributed by atoms with Crippen molar-refractivity contribution in [3.05, 3.63) is 33.4 Å². The second-order valence-electron chi connectivity index (χ2n) is 5.05.